The summed E-state index contributed by atoms with van der Waals surface area (Å²) in [7, 11) is 1.69. The van der Waals surface area contributed by atoms with Crippen molar-refractivity contribution in [2.75, 3.05) is 7.11 Å². The molecule has 6 rings (SSSR count). The maximum atomic E-state index is 13.8. The predicted octanol–water partition coefficient (Wildman–Crippen LogP) is 4.93. The van der Waals surface area contributed by atoms with Crippen LogP contribution in [0, 0.1) is 3.57 Å². The quantitative estimate of drug-likeness (QED) is 0.325. The number of methoxy groups -OCH3 is 1. The van der Waals surface area contributed by atoms with Gasteiger partial charge in [-0.3, -0.25) is 9.36 Å². The van der Waals surface area contributed by atoms with E-state index in [0.29, 0.717) is 4.53 Å². The van der Waals surface area contributed by atoms with Crippen LogP contribution in [0.25, 0.3) is 11.8 Å². The number of nitrogens with zero attached hydrogens (tertiary/aromatic N) is 2. The van der Waals surface area contributed by atoms with Crippen LogP contribution in [-0.2, 0) is 6.42 Å². The van der Waals surface area contributed by atoms with Gasteiger partial charge in [-0.25, -0.2) is 4.99 Å². The summed E-state index contributed by atoms with van der Waals surface area (Å²) in [6, 6.07) is 24.4. The molecule has 2 heterocycles. The Hall–Kier alpha value is -2.97. The molecule has 1 aromatic heterocycles. The summed E-state index contributed by atoms with van der Waals surface area (Å²) in [6.07, 6.45) is 3.77. The lowest BCUT2D eigenvalue weighted by molar-refractivity contribution is 0.402. The first-order valence-electron chi connectivity index (χ1n) is 11.2. The first-order chi connectivity index (χ1) is 16.6. The Balaban J connectivity index is 1.65. The van der Waals surface area contributed by atoms with E-state index in [2.05, 4.69) is 59.0 Å². The van der Waals surface area contributed by atoms with E-state index in [9.17, 15) is 4.79 Å². The molecule has 4 nitrogen and oxygen atoms in total. The van der Waals surface area contributed by atoms with Crippen LogP contribution in [0.3, 0.4) is 0 Å². The van der Waals surface area contributed by atoms with Crippen molar-refractivity contribution in [2.24, 2.45) is 4.99 Å². The molecule has 34 heavy (non-hydrogen) atoms. The molecule has 0 saturated carbocycles. The van der Waals surface area contributed by atoms with Gasteiger partial charge in [-0.05, 0) is 76.4 Å². The summed E-state index contributed by atoms with van der Waals surface area (Å²) in [4.78, 5) is 19.6. The number of hydrogen-bond acceptors (Lipinski definition) is 4. The number of aryl methyl sites for hydroxylation is 1. The average molecular weight is 576 g/mol. The molecule has 0 amide bonds. The number of aromatic nitrogens is 1. The number of hydrogen-bond donors (Lipinski definition) is 0. The van der Waals surface area contributed by atoms with Gasteiger partial charge in [-0.1, -0.05) is 65.9 Å². The zero-order valence-corrected chi connectivity index (χ0v) is 21.5. The van der Waals surface area contributed by atoms with Gasteiger partial charge in [0.05, 0.1) is 23.4 Å². The highest BCUT2D eigenvalue weighted by atomic mass is 127. The Labute approximate surface area is 214 Å². The summed E-state index contributed by atoms with van der Waals surface area (Å²) in [5, 5.41) is 0. The average Bonchev–Trinajstić information content (AvgIpc) is 3.17. The topological polar surface area (TPSA) is 43.6 Å². The van der Waals surface area contributed by atoms with Gasteiger partial charge in [0.15, 0.2) is 4.80 Å². The molecule has 6 heteroatoms. The van der Waals surface area contributed by atoms with E-state index >= 15 is 0 Å². The van der Waals surface area contributed by atoms with E-state index in [4.69, 9.17) is 9.73 Å². The predicted molar refractivity (Wildman–Crippen MR) is 145 cm³/mol. The third-order valence-corrected chi connectivity index (χ3v) is 8.11. The number of ether oxygens (including phenoxy) is 1. The van der Waals surface area contributed by atoms with Crippen molar-refractivity contribution in [1.29, 1.82) is 0 Å². The van der Waals surface area contributed by atoms with Crippen LogP contribution in [0.1, 0.15) is 34.7 Å². The van der Waals surface area contributed by atoms with Crippen molar-refractivity contribution in [2.45, 2.75) is 18.9 Å². The molecule has 0 N–H and O–H groups in total. The molecule has 1 aliphatic heterocycles. The number of para-hydroxylation sites is 1. The van der Waals surface area contributed by atoms with Crippen LogP contribution in [0.2, 0.25) is 0 Å². The molecule has 0 radical (unpaired) electrons. The van der Waals surface area contributed by atoms with Gasteiger partial charge in [0.2, 0.25) is 0 Å². The number of halogens is 1. The second kappa shape index (κ2) is 8.67. The monoisotopic (exact) mass is 576 g/mol. The molecule has 0 saturated heterocycles. The summed E-state index contributed by atoms with van der Waals surface area (Å²) < 4.78 is 9.44. The highest BCUT2D eigenvalue weighted by molar-refractivity contribution is 14.1. The maximum Gasteiger partial charge on any atom is 0.271 e. The zero-order valence-electron chi connectivity index (χ0n) is 18.5. The maximum absolute atomic E-state index is 13.8. The van der Waals surface area contributed by atoms with Gasteiger partial charge in [0.1, 0.15) is 5.75 Å². The van der Waals surface area contributed by atoms with Crippen molar-refractivity contribution >= 4 is 45.7 Å². The minimum absolute atomic E-state index is 0.0103. The fourth-order valence-electron chi connectivity index (χ4n) is 4.94. The minimum Gasteiger partial charge on any atom is -0.496 e. The fraction of sp³-hybridized carbons (Fsp3) is 0.143. The number of rotatable bonds is 3. The highest BCUT2D eigenvalue weighted by Gasteiger charge is 2.33. The Bertz CT molecular complexity index is 1650. The van der Waals surface area contributed by atoms with E-state index < -0.39 is 0 Å². The number of benzene rings is 3. The van der Waals surface area contributed by atoms with Gasteiger partial charge < -0.3 is 4.74 Å². The number of allylic oxidation sites excluding steroid dienone is 1. The number of thiazole rings is 1. The molecule has 1 aliphatic carbocycles. The van der Waals surface area contributed by atoms with Crippen LogP contribution < -0.4 is 19.6 Å². The molecule has 0 bridgehead atoms. The highest BCUT2D eigenvalue weighted by Crippen LogP contribution is 2.43. The lowest BCUT2D eigenvalue weighted by Crippen LogP contribution is -2.39. The molecular formula is C28H21IN2O2S. The van der Waals surface area contributed by atoms with Crippen LogP contribution in [0.15, 0.2) is 88.2 Å². The smallest absolute Gasteiger partial charge is 0.271 e. The molecule has 168 valence electrons. The van der Waals surface area contributed by atoms with E-state index in [1.807, 2.05) is 47.0 Å². The standard InChI is InChI=1S/C28H21IN2O2S/c1-33-23-12-5-4-11-21(23)26-22-14-13-18-8-2-3-10-20(18)25(22)30-28-31(26)27(32)24(34-28)16-17-7-6-9-19(29)15-17/h2-12,15-16,26H,13-14H2,1H3/b24-16-/t26-/m0/s1. The van der Waals surface area contributed by atoms with E-state index in [-0.39, 0.29) is 11.6 Å². The Kier molecular flexibility index (Phi) is 5.50. The van der Waals surface area contributed by atoms with Crippen molar-refractivity contribution in [3.8, 4) is 5.75 Å². The lowest BCUT2D eigenvalue weighted by atomic mass is 9.83. The first-order valence-corrected chi connectivity index (χ1v) is 13.0. The van der Waals surface area contributed by atoms with E-state index in [1.165, 1.54) is 28.0 Å². The summed E-state index contributed by atoms with van der Waals surface area (Å²) in [5.41, 5.74) is 6.65. The first kappa shape index (κ1) is 21.6. The Morgan fingerprint density at radius 1 is 1.06 bits per heavy atom. The molecule has 4 aromatic rings. The third-order valence-electron chi connectivity index (χ3n) is 6.45. The summed E-state index contributed by atoms with van der Waals surface area (Å²) in [5.74, 6) is 0.785. The normalized spacial score (nSPS) is 17.0. The Morgan fingerprint density at radius 3 is 2.74 bits per heavy atom. The van der Waals surface area contributed by atoms with E-state index in [0.717, 1.165) is 43.8 Å². The molecule has 3 aromatic carbocycles. The van der Waals surface area contributed by atoms with Gasteiger partial charge >= 0.3 is 0 Å². The fourth-order valence-corrected chi connectivity index (χ4v) is 6.51. The van der Waals surface area contributed by atoms with Crippen molar-refractivity contribution in [1.82, 2.24) is 4.57 Å². The van der Waals surface area contributed by atoms with Crippen LogP contribution >= 0.6 is 33.9 Å². The second-order valence-electron chi connectivity index (χ2n) is 8.41. The summed E-state index contributed by atoms with van der Waals surface area (Å²) >= 11 is 3.75. The van der Waals surface area contributed by atoms with Gasteiger partial charge in [-0.15, -0.1) is 0 Å². The van der Waals surface area contributed by atoms with Crippen LogP contribution in [0.5, 0.6) is 5.75 Å². The molecule has 0 unspecified atom stereocenters. The van der Waals surface area contributed by atoms with Crippen molar-refractivity contribution < 1.29 is 4.74 Å². The number of fused-ring (bicyclic) bond motifs is 3. The lowest BCUT2D eigenvalue weighted by Gasteiger charge is -2.31. The molecular weight excluding hydrogens is 555 g/mol. The van der Waals surface area contributed by atoms with Gasteiger partial charge in [0.25, 0.3) is 5.56 Å². The SMILES string of the molecule is COc1ccccc1[C@H]1C2=C(N=c3s/c(=C\c4cccc(I)c4)c(=O)n31)c1ccccc1CC2. The summed E-state index contributed by atoms with van der Waals surface area (Å²) in [6.45, 7) is 0. The zero-order chi connectivity index (χ0) is 23.2. The minimum atomic E-state index is -0.242. The third kappa shape index (κ3) is 3.56. The molecule has 0 fully saturated rings. The largest absolute Gasteiger partial charge is 0.496 e. The molecule has 2 aliphatic rings. The second-order valence-corrected chi connectivity index (χ2v) is 10.7. The van der Waals surface area contributed by atoms with Crippen LogP contribution in [-0.4, -0.2) is 11.7 Å². The van der Waals surface area contributed by atoms with Crippen molar-refractivity contribution in [3.05, 3.63) is 124 Å². The van der Waals surface area contributed by atoms with Gasteiger partial charge in [-0.2, -0.15) is 0 Å². The van der Waals surface area contributed by atoms with Crippen LogP contribution in [0.4, 0.5) is 0 Å². The van der Waals surface area contributed by atoms with E-state index in [1.54, 1.807) is 7.11 Å². The van der Waals surface area contributed by atoms with Gasteiger partial charge in [0, 0.05) is 14.7 Å². The molecule has 0 spiro atoms. The van der Waals surface area contributed by atoms with Crippen molar-refractivity contribution in [3.63, 3.8) is 0 Å². The molecule has 1 atom stereocenters. The Morgan fingerprint density at radius 2 is 1.88 bits per heavy atom.